The van der Waals surface area contributed by atoms with Gasteiger partial charge in [0.25, 0.3) is 5.56 Å². The van der Waals surface area contributed by atoms with Gasteiger partial charge in [-0.1, -0.05) is 25.1 Å². The second kappa shape index (κ2) is 6.50. The van der Waals surface area contributed by atoms with E-state index in [4.69, 9.17) is 4.74 Å². The van der Waals surface area contributed by atoms with Crippen molar-refractivity contribution in [3.63, 3.8) is 0 Å². The van der Waals surface area contributed by atoms with Crippen molar-refractivity contribution in [2.24, 2.45) is 0 Å². The van der Waals surface area contributed by atoms with E-state index in [0.717, 1.165) is 17.5 Å². The van der Waals surface area contributed by atoms with Crippen LogP contribution in [0.2, 0.25) is 0 Å². The number of hydrogen-bond acceptors (Lipinski definition) is 4. The lowest BCUT2D eigenvalue weighted by Gasteiger charge is -2.32. The molecule has 2 heterocycles. The van der Waals surface area contributed by atoms with Crippen LogP contribution in [0.25, 0.3) is 10.8 Å². The fourth-order valence-electron chi connectivity index (χ4n) is 2.93. The number of carbonyl (C=O) groups is 1. The predicted molar refractivity (Wildman–Crippen MR) is 87.4 cm³/mol. The molecule has 0 bridgehead atoms. The zero-order valence-electron chi connectivity index (χ0n) is 13.5. The van der Waals surface area contributed by atoms with Crippen molar-refractivity contribution in [1.82, 2.24) is 14.7 Å². The van der Waals surface area contributed by atoms with Gasteiger partial charge in [0.05, 0.1) is 23.8 Å². The summed E-state index contributed by atoms with van der Waals surface area (Å²) in [5.74, 6) is -0.0870. The molecular formula is C17H21N3O3. The van der Waals surface area contributed by atoms with Crippen LogP contribution in [0.1, 0.15) is 19.0 Å². The van der Waals surface area contributed by atoms with E-state index < -0.39 is 0 Å². The molecule has 23 heavy (non-hydrogen) atoms. The largest absolute Gasteiger partial charge is 0.375 e. The maximum atomic E-state index is 12.5. The Kier molecular flexibility index (Phi) is 4.43. The average molecular weight is 315 g/mol. The highest BCUT2D eigenvalue weighted by atomic mass is 16.5. The summed E-state index contributed by atoms with van der Waals surface area (Å²) >= 11 is 0. The molecule has 1 atom stereocenters. The van der Waals surface area contributed by atoms with Gasteiger partial charge < -0.3 is 9.64 Å². The zero-order valence-corrected chi connectivity index (χ0v) is 13.5. The van der Waals surface area contributed by atoms with Gasteiger partial charge >= 0.3 is 0 Å². The first-order valence-corrected chi connectivity index (χ1v) is 7.96. The number of ether oxygens (including phenoxy) is 1. The van der Waals surface area contributed by atoms with E-state index in [9.17, 15) is 9.59 Å². The second-order valence-electron chi connectivity index (χ2n) is 5.83. The van der Waals surface area contributed by atoms with Crippen LogP contribution >= 0.6 is 0 Å². The molecule has 1 fully saturated rings. The van der Waals surface area contributed by atoms with E-state index >= 15 is 0 Å². The summed E-state index contributed by atoms with van der Waals surface area (Å²) in [4.78, 5) is 26.8. The summed E-state index contributed by atoms with van der Waals surface area (Å²) in [5.41, 5.74) is 0.529. The van der Waals surface area contributed by atoms with E-state index in [1.54, 1.807) is 11.0 Å². The standard InChI is InChI=1S/C17H21N3O3/c1-3-13-10-19(8-9-23-13)16(21)11-20-17(22)15-7-5-4-6-14(15)12(2)18-20/h4-7,13H,3,8-11H2,1-2H3/t13-/m0/s1. The van der Waals surface area contributed by atoms with Crippen molar-refractivity contribution in [3.05, 3.63) is 40.3 Å². The number of morpholine rings is 1. The normalized spacial score (nSPS) is 18.3. The Labute approximate surface area is 134 Å². The van der Waals surface area contributed by atoms with E-state index in [0.29, 0.717) is 25.1 Å². The minimum Gasteiger partial charge on any atom is -0.375 e. The number of amides is 1. The van der Waals surface area contributed by atoms with Crippen LogP contribution in [0.5, 0.6) is 0 Å². The minimum atomic E-state index is -0.222. The first-order chi connectivity index (χ1) is 11.1. The minimum absolute atomic E-state index is 0.0268. The third-order valence-electron chi connectivity index (χ3n) is 4.28. The third kappa shape index (κ3) is 3.12. The Bertz CT molecular complexity index is 784. The fraction of sp³-hybridized carbons (Fsp3) is 0.471. The quantitative estimate of drug-likeness (QED) is 0.857. The van der Waals surface area contributed by atoms with Gasteiger partial charge in [0.2, 0.25) is 5.91 Å². The molecule has 6 heteroatoms. The molecule has 3 rings (SSSR count). The molecule has 0 saturated carbocycles. The predicted octanol–water partition coefficient (Wildman–Crippen LogP) is 1.34. The first-order valence-electron chi connectivity index (χ1n) is 7.96. The summed E-state index contributed by atoms with van der Waals surface area (Å²) in [6, 6.07) is 7.35. The van der Waals surface area contributed by atoms with Gasteiger partial charge in [-0.25, -0.2) is 4.68 Å². The van der Waals surface area contributed by atoms with Crippen LogP contribution in [-0.2, 0) is 16.1 Å². The van der Waals surface area contributed by atoms with E-state index in [-0.39, 0.29) is 24.1 Å². The molecule has 1 aromatic carbocycles. The topological polar surface area (TPSA) is 64.4 Å². The number of benzene rings is 1. The van der Waals surface area contributed by atoms with Crippen molar-refractivity contribution in [2.45, 2.75) is 32.9 Å². The lowest BCUT2D eigenvalue weighted by molar-refractivity contribution is -0.139. The summed E-state index contributed by atoms with van der Waals surface area (Å²) in [7, 11) is 0. The third-order valence-corrected chi connectivity index (χ3v) is 4.28. The second-order valence-corrected chi connectivity index (χ2v) is 5.83. The number of hydrogen-bond donors (Lipinski definition) is 0. The molecule has 0 radical (unpaired) electrons. The van der Waals surface area contributed by atoms with E-state index in [1.165, 1.54) is 4.68 Å². The van der Waals surface area contributed by atoms with Crippen LogP contribution < -0.4 is 5.56 Å². The molecule has 0 spiro atoms. The number of aromatic nitrogens is 2. The maximum Gasteiger partial charge on any atom is 0.275 e. The van der Waals surface area contributed by atoms with Crippen molar-refractivity contribution in [3.8, 4) is 0 Å². The molecule has 1 saturated heterocycles. The molecule has 122 valence electrons. The average Bonchev–Trinajstić information content (AvgIpc) is 2.59. The van der Waals surface area contributed by atoms with Gasteiger partial charge in [0.1, 0.15) is 6.54 Å². The van der Waals surface area contributed by atoms with Crippen molar-refractivity contribution < 1.29 is 9.53 Å². The highest BCUT2D eigenvalue weighted by molar-refractivity contribution is 5.83. The van der Waals surface area contributed by atoms with E-state index in [1.807, 2.05) is 32.0 Å². The zero-order chi connectivity index (χ0) is 16.4. The fourth-order valence-corrected chi connectivity index (χ4v) is 2.93. The van der Waals surface area contributed by atoms with E-state index in [2.05, 4.69) is 5.10 Å². The van der Waals surface area contributed by atoms with Gasteiger partial charge in [-0.15, -0.1) is 0 Å². The lowest BCUT2D eigenvalue weighted by Crippen LogP contribution is -2.47. The van der Waals surface area contributed by atoms with Gasteiger partial charge in [0.15, 0.2) is 0 Å². The highest BCUT2D eigenvalue weighted by Crippen LogP contribution is 2.12. The van der Waals surface area contributed by atoms with Gasteiger partial charge in [-0.05, 0) is 19.4 Å². The van der Waals surface area contributed by atoms with Crippen molar-refractivity contribution in [1.29, 1.82) is 0 Å². The molecule has 1 amide bonds. The van der Waals surface area contributed by atoms with Crippen LogP contribution in [0.15, 0.2) is 29.1 Å². The summed E-state index contributed by atoms with van der Waals surface area (Å²) < 4.78 is 6.85. The Balaban J connectivity index is 1.85. The molecule has 0 N–H and O–H groups in total. The Morgan fingerprint density at radius 3 is 2.83 bits per heavy atom. The Morgan fingerprint density at radius 1 is 1.35 bits per heavy atom. The lowest BCUT2D eigenvalue weighted by atomic mass is 10.1. The van der Waals surface area contributed by atoms with Crippen LogP contribution in [0.3, 0.4) is 0 Å². The maximum absolute atomic E-state index is 12.5. The van der Waals surface area contributed by atoms with Crippen LogP contribution in [0.4, 0.5) is 0 Å². The van der Waals surface area contributed by atoms with Crippen LogP contribution in [-0.4, -0.2) is 46.4 Å². The van der Waals surface area contributed by atoms with Crippen molar-refractivity contribution in [2.75, 3.05) is 19.7 Å². The number of nitrogens with zero attached hydrogens (tertiary/aromatic N) is 3. The SMILES string of the molecule is CC[C@H]1CN(C(=O)Cn2nc(C)c3ccccc3c2=O)CCO1. The molecule has 0 aliphatic carbocycles. The highest BCUT2D eigenvalue weighted by Gasteiger charge is 2.23. The first kappa shape index (κ1) is 15.7. The molecule has 2 aromatic rings. The van der Waals surface area contributed by atoms with Gasteiger partial charge in [-0.2, -0.15) is 5.10 Å². The molecule has 1 aliphatic rings. The van der Waals surface area contributed by atoms with Crippen molar-refractivity contribution >= 4 is 16.7 Å². The summed E-state index contributed by atoms with van der Waals surface area (Å²) in [5, 5.41) is 5.73. The van der Waals surface area contributed by atoms with Crippen LogP contribution in [0, 0.1) is 6.92 Å². The Hall–Kier alpha value is -2.21. The Morgan fingerprint density at radius 2 is 2.09 bits per heavy atom. The molecule has 1 aromatic heterocycles. The number of rotatable bonds is 3. The monoisotopic (exact) mass is 315 g/mol. The summed E-state index contributed by atoms with van der Waals surface area (Å²) in [6.07, 6.45) is 0.951. The molecule has 1 aliphatic heterocycles. The molecular weight excluding hydrogens is 294 g/mol. The summed E-state index contributed by atoms with van der Waals surface area (Å²) in [6.45, 7) is 5.56. The number of carbonyl (C=O) groups excluding carboxylic acids is 1. The van der Waals surface area contributed by atoms with Gasteiger partial charge in [-0.3, -0.25) is 9.59 Å². The van der Waals surface area contributed by atoms with Gasteiger partial charge in [0, 0.05) is 18.5 Å². The number of aryl methyl sites for hydroxylation is 1. The smallest absolute Gasteiger partial charge is 0.275 e. The molecule has 0 unspecified atom stereocenters. The molecule has 6 nitrogen and oxygen atoms in total. The number of fused-ring (bicyclic) bond motifs is 1.